The van der Waals surface area contributed by atoms with E-state index in [-0.39, 0.29) is 30.1 Å². The highest BCUT2D eigenvalue weighted by atomic mass is 32.2. The number of nitrogens with zero attached hydrogens (tertiary/aromatic N) is 1. The molecule has 0 aliphatic carbocycles. The Morgan fingerprint density at radius 1 is 1.20 bits per heavy atom. The van der Waals surface area contributed by atoms with E-state index < -0.39 is 10.1 Å². The highest BCUT2D eigenvalue weighted by Gasteiger charge is 2.21. The minimum atomic E-state index is -3.68. The maximum absolute atomic E-state index is 12.3. The Labute approximate surface area is 150 Å². The molecule has 0 aliphatic heterocycles. The first kappa shape index (κ1) is 21.2. The Bertz CT molecular complexity index is 674. The van der Waals surface area contributed by atoms with E-state index in [1.165, 1.54) is 21.1 Å². The van der Waals surface area contributed by atoms with Crippen molar-refractivity contribution in [3.8, 4) is 11.5 Å². The third kappa shape index (κ3) is 6.21. The van der Waals surface area contributed by atoms with Gasteiger partial charge in [0, 0.05) is 19.7 Å². The molecule has 0 N–H and O–H groups in total. The normalized spacial score (nSPS) is 12.5. The molecule has 1 unspecified atom stereocenters. The third-order valence-electron chi connectivity index (χ3n) is 3.86. The van der Waals surface area contributed by atoms with Gasteiger partial charge in [0.25, 0.3) is 0 Å². The summed E-state index contributed by atoms with van der Waals surface area (Å²) in [4.78, 5) is 14.0. The number of hydrogen-bond donors (Lipinski definition) is 0. The quantitative estimate of drug-likeness (QED) is 0.585. The second kappa shape index (κ2) is 9.62. The van der Waals surface area contributed by atoms with Crippen LogP contribution in [0.1, 0.15) is 32.8 Å². The second-order valence-corrected chi connectivity index (χ2v) is 7.49. The monoisotopic (exact) mass is 373 g/mol. The topological polar surface area (TPSA) is 82.1 Å². The fourth-order valence-corrected chi connectivity index (χ4v) is 2.72. The Hall–Kier alpha value is -1.80. The average molecular weight is 373 g/mol. The molecule has 7 nitrogen and oxygen atoms in total. The van der Waals surface area contributed by atoms with Crippen LogP contribution in [0.2, 0.25) is 0 Å². The van der Waals surface area contributed by atoms with Gasteiger partial charge in [0.1, 0.15) is 6.61 Å². The Morgan fingerprint density at radius 3 is 2.40 bits per heavy atom. The Morgan fingerprint density at radius 2 is 1.88 bits per heavy atom. The molecule has 25 heavy (non-hydrogen) atoms. The van der Waals surface area contributed by atoms with E-state index in [1.807, 2.05) is 13.8 Å². The van der Waals surface area contributed by atoms with E-state index >= 15 is 0 Å². The van der Waals surface area contributed by atoms with Crippen LogP contribution in [0.3, 0.4) is 0 Å². The maximum Gasteiger partial charge on any atom is 0.309 e. The molecular formula is C17H27NO6S. The summed E-state index contributed by atoms with van der Waals surface area (Å²) in [5.74, 6) is 0.159. The van der Waals surface area contributed by atoms with Gasteiger partial charge in [0.2, 0.25) is 5.91 Å². The van der Waals surface area contributed by atoms with Gasteiger partial charge >= 0.3 is 10.1 Å². The van der Waals surface area contributed by atoms with E-state index in [0.717, 1.165) is 12.0 Å². The van der Waals surface area contributed by atoms with Crippen LogP contribution in [-0.4, -0.2) is 51.8 Å². The van der Waals surface area contributed by atoms with Crippen LogP contribution in [0.4, 0.5) is 0 Å². The second-order valence-electron chi connectivity index (χ2n) is 5.63. The molecule has 0 aliphatic rings. The first-order valence-corrected chi connectivity index (χ1v) is 9.73. The molecule has 0 saturated carbocycles. The van der Waals surface area contributed by atoms with E-state index in [2.05, 4.69) is 0 Å². The van der Waals surface area contributed by atoms with Gasteiger partial charge in [-0.3, -0.25) is 4.79 Å². The zero-order valence-corrected chi connectivity index (χ0v) is 16.3. The Balaban J connectivity index is 3.12. The van der Waals surface area contributed by atoms with Crippen LogP contribution in [-0.2, 0) is 26.2 Å². The van der Waals surface area contributed by atoms with Crippen molar-refractivity contribution in [2.24, 2.45) is 0 Å². The Kier molecular flexibility index (Phi) is 8.18. The van der Waals surface area contributed by atoms with Crippen LogP contribution in [0.5, 0.6) is 11.5 Å². The van der Waals surface area contributed by atoms with Crippen LogP contribution in [0, 0.1) is 0 Å². The lowest BCUT2D eigenvalue weighted by Gasteiger charge is -2.28. The van der Waals surface area contributed by atoms with Crippen LogP contribution in [0.25, 0.3) is 0 Å². The zero-order valence-electron chi connectivity index (χ0n) is 15.4. The summed E-state index contributed by atoms with van der Waals surface area (Å²) in [5, 5.41) is 0. The smallest absolute Gasteiger partial charge is 0.309 e. The summed E-state index contributed by atoms with van der Waals surface area (Å²) in [5.41, 5.74) is 0.742. The third-order valence-corrected chi connectivity index (χ3v) is 5.00. The highest BCUT2D eigenvalue weighted by molar-refractivity contribution is 7.87. The number of methoxy groups -OCH3 is 2. The fourth-order valence-electron chi connectivity index (χ4n) is 2.19. The molecule has 8 heteroatoms. The zero-order chi connectivity index (χ0) is 19.0. The summed E-state index contributed by atoms with van der Waals surface area (Å²) in [6.45, 7) is 5.77. The van der Waals surface area contributed by atoms with Crippen molar-refractivity contribution in [2.45, 2.75) is 39.8 Å². The maximum atomic E-state index is 12.3. The van der Waals surface area contributed by atoms with Crippen molar-refractivity contribution in [3.05, 3.63) is 23.8 Å². The SMILES string of the molecule is CCC(C)N(Cc1ccc(OC)c(OS(=O)(=O)CC)c1)C(=O)COC. The molecule has 0 heterocycles. The summed E-state index contributed by atoms with van der Waals surface area (Å²) in [7, 11) is -0.765. The van der Waals surface area contributed by atoms with Gasteiger partial charge in [-0.05, 0) is 38.0 Å². The largest absolute Gasteiger partial charge is 0.493 e. The van der Waals surface area contributed by atoms with Crippen molar-refractivity contribution < 1.29 is 26.9 Å². The predicted molar refractivity (Wildman–Crippen MR) is 95.3 cm³/mol. The predicted octanol–water partition coefficient (Wildman–Crippen LogP) is 2.20. The summed E-state index contributed by atoms with van der Waals surface area (Å²) in [6, 6.07) is 5.01. The van der Waals surface area contributed by atoms with Crippen molar-refractivity contribution in [1.82, 2.24) is 4.90 Å². The van der Waals surface area contributed by atoms with E-state index in [0.29, 0.717) is 12.3 Å². The molecule has 0 bridgehead atoms. The minimum absolute atomic E-state index is 0.00589. The summed E-state index contributed by atoms with van der Waals surface area (Å²) < 4.78 is 38.7. The number of rotatable bonds is 10. The molecule has 1 atom stereocenters. The molecule has 0 fully saturated rings. The lowest BCUT2D eigenvalue weighted by atomic mass is 10.1. The number of ether oxygens (including phenoxy) is 2. The van der Waals surface area contributed by atoms with Gasteiger partial charge in [-0.25, -0.2) is 0 Å². The fraction of sp³-hybridized carbons (Fsp3) is 0.588. The summed E-state index contributed by atoms with van der Waals surface area (Å²) >= 11 is 0. The first-order chi connectivity index (χ1) is 11.8. The molecule has 1 aromatic carbocycles. The van der Waals surface area contributed by atoms with Crippen LogP contribution in [0.15, 0.2) is 18.2 Å². The van der Waals surface area contributed by atoms with Crippen molar-refractivity contribution in [2.75, 3.05) is 26.6 Å². The number of benzene rings is 1. The average Bonchev–Trinajstić information content (AvgIpc) is 2.59. The summed E-state index contributed by atoms with van der Waals surface area (Å²) in [6.07, 6.45) is 0.791. The highest BCUT2D eigenvalue weighted by Crippen LogP contribution is 2.30. The molecule has 0 radical (unpaired) electrons. The number of hydrogen-bond acceptors (Lipinski definition) is 6. The molecular weight excluding hydrogens is 346 g/mol. The van der Waals surface area contributed by atoms with Crippen molar-refractivity contribution in [1.29, 1.82) is 0 Å². The number of amides is 1. The molecule has 0 spiro atoms. The van der Waals surface area contributed by atoms with Gasteiger partial charge in [0.15, 0.2) is 11.5 Å². The lowest BCUT2D eigenvalue weighted by molar-refractivity contribution is -0.138. The molecule has 0 aromatic heterocycles. The number of carbonyl (C=O) groups is 1. The molecule has 1 aromatic rings. The lowest BCUT2D eigenvalue weighted by Crippen LogP contribution is -2.39. The van der Waals surface area contributed by atoms with E-state index in [4.69, 9.17) is 13.7 Å². The van der Waals surface area contributed by atoms with Gasteiger partial charge in [-0.1, -0.05) is 13.0 Å². The van der Waals surface area contributed by atoms with Gasteiger partial charge < -0.3 is 18.6 Å². The van der Waals surface area contributed by atoms with Crippen molar-refractivity contribution >= 4 is 16.0 Å². The molecule has 142 valence electrons. The van der Waals surface area contributed by atoms with E-state index in [9.17, 15) is 13.2 Å². The van der Waals surface area contributed by atoms with Crippen LogP contribution >= 0.6 is 0 Å². The van der Waals surface area contributed by atoms with Gasteiger partial charge in [-0.2, -0.15) is 8.42 Å². The van der Waals surface area contributed by atoms with E-state index in [1.54, 1.807) is 23.1 Å². The molecule has 1 amide bonds. The molecule has 0 saturated heterocycles. The number of carbonyl (C=O) groups excluding carboxylic acids is 1. The first-order valence-electron chi connectivity index (χ1n) is 8.15. The standard InChI is InChI=1S/C17H27NO6S/c1-6-13(3)18(17(19)12-22-4)11-14-8-9-15(23-5)16(10-14)24-25(20,21)7-2/h8-10,13H,6-7,11-12H2,1-5H3. The van der Waals surface area contributed by atoms with Gasteiger partial charge in [0.05, 0.1) is 12.9 Å². The van der Waals surface area contributed by atoms with Crippen molar-refractivity contribution in [3.63, 3.8) is 0 Å². The minimum Gasteiger partial charge on any atom is -0.493 e. The molecule has 1 rings (SSSR count). The van der Waals surface area contributed by atoms with Gasteiger partial charge in [-0.15, -0.1) is 0 Å². The van der Waals surface area contributed by atoms with Crippen LogP contribution < -0.4 is 8.92 Å².